The summed E-state index contributed by atoms with van der Waals surface area (Å²) in [5.41, 5.74) is 7.87. The van der Waals surface area contributed by atoms with Crippen molar-refractivity contribution < 1.29 is 13.9 Å². The lowest BCUT2D eigenvalue weighted by atomic mass is 10.1. The zero-order valence-corrected chi connectivity index (χ0v) is 14.4. The van der Waals surface area contributed by atoms with Gasteiger partial charge < -0.3 is 10.5 Å². The van der Waals surface area contributed by atoms with Crippen molar-refractivity contribution in [1.29, 1.82) is 0 Å². The number of aromatic nitrogens is 3. The number of rotatable bonds is 3. The van der Waals surface area contributed by atoms with Crippen molar-refractivity contribution in [1.82, 2.24) is 15.0 Å². The quantitative estimate of drug-likeness (QED) is 0.560. The fraction of sp³-hybridized carbons (Fsp3) is 0.100. The van der Waals surface area contributed by atoms with Crippen LogP contribution >= 0.6 is 0 Å². The van der Waals surface area contributed by atoms with Crippen LogP contribution in [-0.4, -0.2) is 20.9 Å². The summed E-state index contributed by atoms with van der Waals surface area (Å²) >= 11 is 0. The highest BCUT2D eigenvalue weighted by atomic mass is 19.1. The summed E-state index contributed by atoms with van der Waals surface area (Å²) in [5, 5.41) is 1.40. The number of aryl methyl sites for hydroxylation is 1. The molecule has 27 heavy (non-hydrogen) atoms. The maximum Gasteiger partial charge on any atom is 0.340 e. The maximum atomic E-state index is 13.3. The lowest BCUT2D eigenvalue weighted by Gasteiger charge is -2.09. The Morgan fingerprint density at radius 1 is 1.07 bits per heavy atom. The Bertz CT molecular complexity index is 1190. The molecule has 0 amide bonds. The molecular weight excluding hydrogens is 347 g/mol. The first-order valence-corrected chi connectivity index (χ1v) is 8.26. The van der Waals surface area contributed by atoms with Crippen LogP contribution in [0.15, 0.2) is 48.5 Å². The Kier molecular flexibility index (Phi) is 4.12. The molecule has 4 aromatic rings. The number of nitrogens with two attached hydrogens (primary N) is 1. The van der Waals surface area contributed by atoms with Crippen molar-refractivity contribution >= 4 is 33.6 Å². The fourth-order valence-corrected chi connectivity index (χ4v) is 2.87. The van der Waals surface area contributed by atoms with Gasteiger partial charge in [-0.2, -0.15) is 0 Å². The molecule has 2 N–H and O–H groups in total. The Hall–Kier alpha value is -3.61. The normalized spacial score (nSPS) is 11.0. The first kappa shape index (κ1) is 16.8. The van der Waals surface area contributed by atoms with Crippen molar-refractivity contribution in [3.8, 4) is 0 Å². The van der Waals surface area contributed by atoms with Crippen molar-refractivity contribution in [3.05, 3.63) is 71.4 Å². The highest BCUT2D eigenvalue weighted by Gasteiger charge is 2.15. The van der Waals surface area contributed by atoms with Crippen LogP contribution in [0.5, 0.6) is 0 Å². The van der Waals surface area contributed by atoms with Crippen LogP contribution in [0, 0.1) is 12.7 Å². The number of nitrogens with zero attached hydrogens (tertiary/aromatic N) is 3. The molecular formula is C20H15FN4O2. The number of fused-ring (bicyclic) bond motifs is 2. The molecule has 4 rings (SSSR count). The molecule has 0 aliphatic carbocycles. The van der Waals surface area contributed by atoms with E-state index in [-0.39, 0.29) is 12.4 Å². The number of esters is 1. The first-order valence-electron chi connectivity index (χ1n) is 8.26. The molecule has 0 fully saturated rings. The van der Waals surface area contributed by atoms with E-state index < -0.39 is 5.97 Å². The van der Waals surface area contributed by atoms with E-state index in [2.05, 4.69) is 15.0 Å². The summed E-state index contributed by atoms with van der Waals surface area (Å²) in [7, 11) is 0. The number of hydrogen-bond acceptors (Lipinski definition) is 6. The third-order valence-corrected chi connectivity index (χ3v) is 4.20. The van der Waals surface area contributed by atoms with Gasteiger partial charge in [0, 0.05) is 16.8 Å². The van der Waals surface area contributed by atoms with Crippen molar-refractivity contribution in [3.63, 3.8) is 0 Å². The molecule has 0 saturated heterocycles. The summed E-state index contributed by atoms with van der Waals surface area (Å²) in [6.45, 7) is 1.56. The second kappa shape index (κ2) is 6.60. The van der Waals surface area contributed by atoms with Crippen molar-refractivity contribution in [2.75, 3.05) is 5.73 Å². The van der Waals surface area contributed by atoms with Crippen LogP contribution < -0.4 is 5.73 Å². The van der Waals surface area contributed by atoms with Gasteiger partial charge in [0.2, 0.25) is 0 Å². The lowest BCUT2D eigenvalue weighted by Crippen LogP contribution is -2.11. The van der Waals surface area contributed by atoms with Gasteiger partial charge in [-0.1, -0.05) is 12.1 Å². The standard InChI is InChI=1S/C20H15FN4O2/c1-11-15(8-12-6-7-13(21)9-17(12)23-11)20(26)27-10-18-24-16-5-3-2-4-14(16)19(22)25-18/h2-9H,10H2,1H3,(H2,22,24,25). The summed E-state index contributed by atoms with van der Waals surface area (Å²) in [4.78, 5) is 25.3. The van der Waals surface area contributed by atoms with Gasteiger partial charge in [0.15, 0.2) is 12.4 Å². The van der Waals surface area contributed by atoms with E-state index in [0.717, 1.165) is 5.39 Å². The number of pyridine rings is 1. The Morgan fingerprint density at radius 2 is 1.89 bits per heavy atom. The van der Waals surface area contributed by atoms with E-state index >= 15 is 0 Å². The molecule has 0 unspecified atom stereocenters. The zero-order valence-electron chi connectivity index (χ0n) is 14.4. The third-order valence-electron chi connectivity index (χ3n) is 4.20. The molecule has 0 bridgehead atoms. The molecule has 2 aromatic heterocycles. The average Bonchev–Trinajstić information content (AvgIpc) is 2.65. The van der Waals surface area contributed by atoms with Gasteiger partial charge in [0.05, 0.1) is 22.3 Å². The van der Waals surface area contributed by atoms with Crippen LogP contribution in [0.1, 0.15) is 21.9 Å². The largest absolute Gasteiger partial charge is 0.454 e. The van der Waals surface area contributed by atoms with Gasteiger partial charge >= 0.3 is 5.97 Å². The summed E-state index contributed by atoms with van der Waals surface area (Å²) in [6, 6.07) is 13.2. The second-order valence-electron chi connectivity index (χ2n) is 6.08. The van der Waals surface area contributed by atoms with Crippen molar-refractivity contribution in [2.45, 2.75) is 13.5 Å². The molecule has 6 nitrogen and oxygen atoms in total. The number of halogens is 1. The van der Waals surface area contributed by atoms with Gasteiger partial charge in [-0.05, 0) is 37.3 Å². The number of ether oxygens (including phenoxy) is 1. The Morgan fingerprint density at radius 3 is 2.74 bits per heavy atom. The molecule has 0 atom stereocenters. The Balaban J connectivity index is 1.58. The summed E-state index contributed by atoms with van der Waals surface area (Å²) < 4.78 is 18.7. The second-order valence-corrected chi connectivity index (χ2v) is 6.08. The molecule has 134 valence electrons. The monoisotopic (exact) mass is 362 g/mol. The van der Waals surface area contributed by atoms with Gasteiger partial charge in [0.1, 0.15) is 11.6 Å². The number of nitrogen functional groups attached to an aromatic ring is 1. The van der Waals surface area contributed by atoms with E-state index in [1.54, 1.807) is 19.1 Å². The maximum absolute atomic E-state index is 13.3. The zero-order chi connectivity index (χ0) is 19.0. The topological polar surface area (TPSA) is 91.0 Å². The number of para-hydroxylation sites is 1. The van der Waals surface area contributed by atoms with E-state index in [0.29, 0.717) is 39.3 Å². The highest BCUT2D eigenvalue weighted by Crippen LogP contribution is 2.20. The summed E-state index contributed by atoms with van der Waals surface area (Å²) in [5.74, 6) is -0.289. The smallest absolute Gasteiger partial charge is 0.340 e. The molecule has 2 aromatic carbocycles. The van der Waals surface area contributed by atoms with Crippen molar-refractivity contribution in [2.24, 2.45) is 0 Å². The van der Waals surface area contributed by atoms with Crippen LogP contribution in [-0.2, 0) is 11.3 Å². The number of hydrogen-bond donors (Lipinski definition) is 1. The number of carbonyl (C=O) groups is 1. The fourth-order valence-electron chi connectivity index (χ4n) is 2.87. The molecule has 0 radical (unpaired) electrons. The van der Waals surface area contributed by atoms with Gasteiger partial charge in [-0.25, -0.2) is 19.2 Å². The van der Waals surface area contributed by atoms with E-state index in [1.165, 1.54) is 12.1 Å². The SMILES string of the molecule is Cc1nc2cc(F)ccc2cc1C(=O)OCc1nc(N)c2ccccc2n1. The minimum absolute atomic E-state index is 0.116. The number of benzene rings is 2. The predicted molar refractivity (Wildman–Crippen MR) is 99.5 cm³/mol. The Labute approximate surface area is 153 Å². The van der Waals surface area contributed by atoms with Gasteiger partial charge in [-0.3, -0.25) is 4.98 Å². The van der Waals surface area contributed by atoms with E-state index in [9.17, 15) is 9.18 Å². The average molecular weight is 362 g/mol. The van der Waals surface area contributed by atoms with Crippen LogP contribution in [0.3, 0.4) is 0 Å². The van der Waals surface area contributed by atoms with Gasteiger partial charge in [-0.15, -0.1) is 0 Å². The summed E-state index contributed by atoms with van der Waals surface area (Å²) in [6.07, 6.45) is 0. The van der Waals surface area contributed by atoms with Crippen LogP contribution in [0.2, 0.25) is 0 Å². The molecule has 7 heteroatoms. The number of carbonyl (C=O) groups excluding carboxylic acids is 1. The lowest BCUT2D eigenvalue weighted by molar-refractivity contribution is 0.0461. The van der Waals surface area contributed by atoms with E-state index in [1.807, 2.05) is 24.3 Å². The third kappa shape index (κ3) is 3.27. The van der Waals surface area contributed by atoms with Crippen LogP contribution in [0.25, 0.3) is 21.8 Å². The molecule has 0 saturated carbocycles. The van der Waals surface area contributed by atoms with E-state index in [4.69, 9.17) is 10.5 Å². The number of anilines is 1. The molecule has 0 aliphatic rings. The highest BCUT2D eigenvalue weighted by molar-refractivity contribution is 5.95. The first-order chi connectivity index (χ1) is 13.0. The minimum Gasteiger partial charge on any atom is -0.454 e. The van der Waals surface area contributed by atoms with Crippen LogP contribution in [0.4, 0.5) is 10.2 Å². The predicted octanol–water partition coefficient (Wildman–Crippen LogP) is 3.56. The minimum atomic E-state index is -0.554. The molecule has 2 heterocycles. The molecule has 0 aliphatic heterocycles. The molecule has 0 spiro atoms. The van der Waals surface area contributed by atoms with Gasteiger partial charge in [0.25, 0.3) is 0 Å².